The molecule has 0 unspecified atom stereocenters. The molecule has 0 aliphatic carbocycles. The van der Waals surface area contributed by atoms with Gasteiger partial charge in [-0.25, -0.2) is 13.2 Å². The Balaban J connectivity index is 0.000000860. The summed E-state index contributed by atoms with van der Waals surface area (Å²) in [4.78, 5) is 51.9. The zero-order chi connectivity index (χ0) is 33.6. The van der Waals surface area contributed by atoms with Crippen molar-refractivity contribution in [2.24, 2.45) is 0 Å². The number of likely N-dealkylation sites (N-methyl/N-ethyl adjacent to an activating group) is 1. The molecule has 0 bridgehead atoms. The monoisotopic (exact) mass is 664 g/mol. The van der Waals surface area contributed by atoms with Crippen LogP contribution in [0.2, 0.25) is 5.02 Å². The molecule has 1 heterocycles. The predicted octanol–water partition coefficient (Wildman–Crippen LogP) is 2.39. The first-order chi connectivity index (χ1) is 20.3. The summed E-state index contributed by atoms with van der Waals surface area (Å²) in [5.74, 6) is -4.65. The summed E-state index contributed by atoms with van der Waals surface area (Å²) in [6.07, 6.45) is -4.12. The third-order valence-electron chi connectivity index (χ3n) is 6.45. The lowest BCUT2D eigenvalue weighted by Gasteiger charge is -2.32. The van der Waals surface area contributed by atoms with Crippen LogP contribution >= 0.6 is 11.6 Å². The van der Waals surface area contributed by atoms with Crippen LogP contribution in [0.25, 0.3) is 0 Å². The fourth-order valence-electron chi connectivity index (χ4n) is 4.21. The number of hydrogen-bond acceptors (Lipinski definition) is 8. The van der Waals surface area contributed by atoms with Gasteiger partial charge < -0.3 is 30.3 Å². The Morgan fingerprint density at radius 1 is 1.14 bits per heavy atom. The summed E-state index contributed by atoms with van der Waals surface area (Å²) in [6.45, 7) is 3.26. The molecule has 44 heavy (non-hydrogen) atoms. The number of carbonyl (C=O) groups excluding carboxylic acids is 3. The molecule has 3 N–H and O–H groups in total. The fourth-order valence-corrected chi connectivity index (χ4v) is 4.99. The summed E-state index contributed by atoms with van der Waals surface area (Å²) in [7, 11) is -0.566. The number of amides is 3. The molecule has 0 aromatic heterocycles. The van der Waals surface area contributed by atoms with Crippen LogP contribution in [0.15, 0.2) is 42.5 Å². The highest BCUT2D eigenvalue weighted by atomic mass is 35.5. The molecular weight excluding hydrogens is 633 g/mol. The van der Waals surface area contributed by atoms with E-state index in [0.717, 1.165) is 6.26 Å². The van der Waals surface area contributed by atoms with Gasteiger partial charge in [-0.05, 0) is 51.2 Å². The molecule has 12 nitrogen and oxygen atoms in total. The number of rotatable bonds is 8. The highest BCUT2D eigenvalue weighted by molar-refractivity contribution is 7.91. The lowest BCUT2D eigenvalue weighted by atomic mass is 10.1. The van der Waals surface area contributed by atoms with Crippen molar-refractivity contribution in [3.8, 4) is 5.75 Å². The lowest BCUT2D eigenvalue weighted by molar-refractivity contribution is -0.192. The van der Waals surface area contributed by atoms with Crippen LogP contribution in [-0.2, 0) is 35.6 Å². The SMILES string of the molecule is CN[C@@H](C)C(=O)N[C@@H]1C(=O)N(Cc2cc(Cl)ccc2OC)c2ccccc2N(C(=O)CS(C)(=O)=O)[C@H]1C.O=C(O)C(F)(F)F. The van der Waals surface area contributed by atoms with Crippen molar-refractivity contribution in [3.63, 3.8) is 0 Å². The Morgan fingerprint density at radius 3 is 2.20 bits per heavy atom. The van der Waals surface area contributed by atoms with Gasteiger partial charge in [-0.2, -0.15) is 13.2 Å². The van der Waals surface area contributed by atoms with Crippen molar-refractivity contribution < 1.29 is 50.6 Å². The molecule has 3 amide bonds. The van der Waals surface area contributed by atoms with Gasteiger partial charge in [-0.15, -0.1) is 0 Å². The number of nitrogens with zero attached hydrogens (tertiary/aromatic N) is 2. The molecule has 17 heteroatoms. The zero-order valence-electron chi connectivity index (χ0n) is 24.3. The highest BCUT2D eigenvalue weighted by Crippen LogP contribution is 2.37. The van der Waals surface area contributed by atoms with Crippen LogP contribution in [0.4, 0.5) is 24.5 Å². The molecule has 1 aliphatic heterocycles. The summed E-state index contributed by atoms with van der Waals surface area (Å²) in [5, 5.41) is 13.1. The topological polar surface area (TPSA) is 162 Å². The van der Waals surface area contributed by atoms with Gasteiger partial charge in [0.05, 0.1) is 37.1 Å². The van der Waals surface area contributed by atoms with Crippen molar-refractivity contribution in [1.82, 2.24) is 10.6 Å². The van der Waals surface area contributed by atoms with Crippen molar-refractivity contribution in [2.45, 2.75) is 44.7 Å². The second-order valence-corrected chi connectivity index (χ2v) is 12.3. The lowest BCUT2D eigenvalue weighted by Crippen LogP contribution is -2.60. The Morgan fingerprint density at radius 2 is 1.70 bits per heavy atom. The number of benzene rings is 2. The molecule has 0 fully saturated rings. The molecule has 0 radical (unpaired) electrons. The second kappa shape index (κ2) is 14.7. The second-order valence-electron chi connectivity index (χ2n) is 9.74. The summed E-state index contributed by atoms with van der Waals surface area (Å²) >= 11 is 6.23. The predicted molar refractivity (Wildman–Crippen MR) is 156 cm³/mol. The molecular formula is C27H32ClF3N4O8S. The van der Waals surface area contributed by atoms with Gasteiger partial charge in [0.2, 0.25) is 11.8 Å². The standard InChI is InChI=1S/C25H31ClN4O6S.C2HF3O2/c1-15(27-3)24(32)28-23-16(2)30(22(31)14-37(5,34)35)20-9-7-6-8-19(20)29(25(23)33)13-17-12-18(26)10-11-21(17)36-4;3-2(4,5)1(6)7/h6-12,15-16,23,27H,13-14H2,1-5H3,(H,28,32);(H,6,7)/t15-,16-,23-;/m0./s1. The maximum absolute atomic E-state index is 14.1. The number of carboxylic acids is 1. The Bertz CT molecular complexity index is 1510. The number of ether oxygens (including phenoxy) is 1. The van der Waals surface area contributed by atoms with Crippen LogP contribution in [0.5, 0.6) is 5.75 Å². The van der Waals surface area contributed by atoms with Crippen LogP contribution in [-0.4, -0.2) is 87.7 Å². The van der Waals surface area contributed by atoms with Crippen molar-refractivity contribution in [1.29, 1.82) is 0 Å². The van der Waals surface area contributed by atoms with E-state index in [0.29, 0.717) is 27.7 Å². The molecule has 2 aromatic rings. The molecule has 242 valence electrons. The quantitative estimate of drug-likeness (QED) is 0.385. The first kappa shape index (κ1) is 36.3. The minimum Gasteiger partial charge on any atom is -0.496 e. The third kappa shape index (κ3) is 9.30. The number of fused-ring (bicyclic) bond motifs is 1. The van der Waals surface area contributed by atoms with E-state index in [1.54, 1.807) is 63.4 Å². The van der Waals surface area contributed by atoms with E-state index in [9.17, 15) is 36.0 Å². The number of halogens is 4. The number of carbonyl (C=O) groups is 4. The van der Waals surface area contributed by atoms with E-state index in [4.69, 9.17) is 26.2 Å². The van der Waals surface area contributed by atoms with E-state index < -0.39 is 63.6 Å². The van der Waals surface area contributed by atoms with E-state index in [2.05, 4.69) is 10.6 Å². The van der Waals surface area contributed by atoms with Gasteiger partial charge >= 0.3 is 12.1 Å². The fraction of sp³-hybridized carbons (Fsp3) is 0.407. The molecule has 2 aromatic carbocycles. The summed E-state index contributed by atoms with van der Waals surface area (Å²) in [5.41, 5.74) is 1.33. The van der Waals surface area contributed by atoms with Gasteiger partial charge in [0, 0.05) is 16.8 Å². The van der Waals surface area contributed by atoms with Crippen LogP contribution < -0.4 is 25.2 Å². The van der Waals surface area contributed by atoms with Gasteiger partial charge in [-0.1, -0.05) is 23.7 Å². The minimum absolute atomic E-state index is 0.0222. The average Bonchev–Trinajstić information content (AvgIpc) is 3.00. The Kier molecular flexibility index (Phi) is 12.1. The molecule has 0 saturated carbocycles. The van der Waals surface area contributed by atoms with E-state index >= 15 is 0 Å². The van der Waals surface area contributed by atoms with Gasteiger partial charge in [0.1, 0.15) is 17.5 Å². The smallest absolute Gasteiger partial charge is 0.490 e. The minimum atomic E-state index is -5.08. The van der Waals surface area contributed by atoms with Gasteiger partial charge in [0.15, 0.2) is 9.84 Å². The van der Waals surface area contributed by atoms with Crippen LogP contribution in [0, 0.1) is 0 Å². The number of para-hydroxylation sites is 2. The first-order valence-corrected chi connectivity index (χ1v) is 15.3. The zero-order valence-corrected chi connectivity index (χ0v) is 25.9. The van der Waals surface area contributed by atoms with E-state index in [1.165, 1.54) is 16.9 Å². The van der Waals surface area contributed by atoms with Crippen molar-refractivity contribution in [2.75, 3.05) is 36.0 Å². The highest BCUT2D eigenvalue weighted by Gasteiger charge is 2.43. The molecule has 3 atom stereocenters. The average molecular weight is 665 g/mol. The largest absolute Gasteiger partial charge is 0.496 e. The maximum Gasteiger partial charge on any atom is 0.490 e. The van der Waals surface area contributed by atoms with Crippen LogP contribution in [0.1, 0.15) is 19.4 Å². The van der Waals surface area contributed by atoms with Crippen molar-refractivity contribution in [3.05, 3.63) is 53.1 Å². The Labute approximate surface area is 257 Å². The summed E-state index contributed by atoms with van der Waals surface area (Å²) < 4.78 is 61.2. The van der Waals surface area contributed by atoms with E-state index in [1.807, 2.05) is 0 Å². The number of methoxy groups -OCH3 is 1. The molecule has 0 saturated heterocycles. The van der Waals surface area contributed by atoms with Gasteiger partial charge in [-0.3, -0.25) is 14.4 Å². The first-order valence-electron chi connectivity index (χ1n) is 12.8. The molecule has 3 rings (SSSR count). The molecule has 0 spiro atoms. The van der Waals surface area contributed by atoms with E-state index in [-0.39, 0.29) is 6.54 Å². The Hall–Kier alpha value is -3.89. The molecule has 1 aliphatic rings. The number of sulfone groups is 1. The normalized spacial score (nSPS) is 17.4. The number of aliphatic carboxylic acids is 1. The number of nitrogens with one attached hydrogen (secondary N) is 2. The summed E-state index contributed by atoms with van der Waals surface area (Å²) in [6, 6.07) is 9.03. The number of hydrogen-bond donors (Lipinski definition) is 3. The number of carboxylic acid groups (broad SMARTS) is 1. The van der Waals surface area contributed by atoms with Crippen LogP contribution in [0.3, 0.4) is 0 Å². The van der Waals surface area contributed by atoms with Crippen molar-refractivity contribution >= 4 is 56.5 Å². The van der Waals surface area contributed by atoms with Gasteiger partial charge in [0.25, 0.3) is 5.91 Å². The third-order valence-corrected chi connectivity index (χ3v) is 7.45. The number of anilines is 2. The number of alkyl halides is 3. The maximum atomic E-state index is 14.1.